The van der Waals surface area contributed by atoms with Gasteiger partial charge in [0.15, 0.2) is 0 Å². The van der Waals surface area contributed by atoms with Crippen LogP contribution in [0.1, 0.15) is 12.5 Å². The number of nitrogens with one attached hydrogen (secondary N) is 1. The first kappa shape index (κ1) is 13.8. The number of carbonyl (C=O) groups is 1. The molecule has 1 aromatic carbocycles. The van der Waals surface area contributed by atoms with Gasteiger partial charge in [0.2, 0.25) is 11.8 Å². The first-order chi connectivity index (χ1) is 9.52. The highest BCUT2D eigenvalue weighted by molar-refractivity contribution is 5.80. The van der Waals surface area contributed by atoms with Gasteiger partial charge in [-0.1, -0.05) is 17.7 Å². The maximum Gasteiger partial charge on any atom is 0.423 e. The minimum absolute atomic E-state index is 0.149. The number of aromatic hydroxyl groups is 2. The van der Waals surface area contributed by atoms with Crippen LogP contribution in [0.15, 0.2) is 30.3 Å². The highest BCUT2D eigenvalue weighted by Crippen LogP contribution is 2.34. The second-order valence-electron chi connectivity index (χ2n) is 4.27. The summed E-state index contributed by atoms with van der Waals surface area (Å²) < 4.78 is 5.44. The third-order valence-corrected chi connectivity index (χ3v) is 2.74. The number of ether oxygens (including phenoxy) is 1. The smallest absolute Gasteiger partial charge is 0.423 e. The number of nitrogens with zero attached hydrogens (tertiary/aromatic N) is 1. The fourth-order valence-electron chi connectivity index (χ4n) is 1.74. The largest absolute Gasteiger partial charge is 0.494 e. The van der Waals surface area contributed by atoms with Gasteiger partial charge in [-0.15, -0.1) is 0 Å². The van der Waals surface area contributed by atoms with Crippen LogP contribution in [0.5, 0.6) is 11.8 Å². The van der Waals surface area contributed by atoms with Gasteiger partial charge in [0.25, 0.3) is 0 Å². The summed E-state index contributed by atoms with van der Waals surface area (Å²) in [5.41, 5.74) is 2.05. The maximum absolute atomic E-state index is 11.6. The summed E-state index contributed by atoms with van der Waals surface area (Å²) in [7, 11) is 0. The lowest BCUT2D eigenvalue weighted by Crippen LogP contribution is -2.12. The predicted octanol–water partition coefficient (Wildman–Crippen LogP) is 2.96. The van der Waals surface area contributed by atoms with Gasteiger partial charge in [0.1, 0.15) is 5.69 Å². The highest BCUT2D eigenvalue weighted by atomic mass is 16.6. The van der Waals surface area contributed by atoms with Crippen LogP contribution in [-0.2, 0) is 4.74 Å². The number of hydrogen-bond donors (Lipinski definition) is 3. The molecule has 0 amide bonds. The van der Waals surface area contributed by atoms with E-state index >= 15 is 0 Å². The van der Waals surface area contributed by atoms with Crippen molar-refractivity contribution >= 4 is 17.5 Å². The number of aromatic nitrogens is 1. The third kappa shape index (κ3) is 2.69. The Balaban J connectivity index is 2.27. The summed E-state index contributed by atoms with van der Waals surface area (Å²) in [5.74, 6) is -0.794. The molecule has 0 atom stereocenters. The van der Waals surface area contributed by atoms with Crippen LogP contribution >= 0.6 is 0 Å². The van der Waals surface area contributed by atoms with Gasteiger partial charge in [-0.2, -0.15) is 4.57 Å². The van der Waals surface area contributed by atoms with Crippen molar-refractivity contribution in [3.63, 3.8) is 0 Å². The van der Waals surface area contributed by atoms with Crippen LogP contribution in [0.2, 0.25) is 0 Å². The molecule has 0 bridgehead atoms. The lowest BCUT2D eigenvalue weighted by molar-refractivity contribution is 0.148. The zero-order valence-corrected chi connectivity index (χ0v) is 11.3. The Labute approximate surface area is 116 Å². The molecule has 106 valence electrons. The number of hydrogen-bond acceptors (Lipinski definition) is 5. The average molecular weight is 276 g/mol. The van der Waals surface area contributed by atoms with Crippen molar-refractivity contribution < 1.29 is 19.7 Å². The van der Waals surface area contributed by atoms with Gasteiger partial charge in [-0.3, -0.25) is 0 Å². The van der Waals surface area contributed by atoms with Crippen LogP contribution in [-0.4, -0.2) is 27.5 Å². The summed E-state index contributed by atoms with van der Waals surface area (Å²) in [5, 5.41) is 22.6. The Morgan fingerprint density at radius 3 is 2.55 bits per heavy atom. The lowest BCUT2D eigenvalue weighted by Gasteiger charge is -2.07. The molecule has 3 N–H and O–H groups in total. The van der Waals surface area contributed by atoms with E-state index in [-0.39, 0.29) is 12.3 Å². The fraction of sp³-hybridized carbons (Fsp3) is 0.214. The number of benzene rings is 1. The van der Waals surface area contributed by atoms with E-state index in [1.807, 2.05) is 31.2 Å². The van der Waals surface area contributed by atoms with Gasteiger partial charge < -0.3 is 20.3 Å². The average Bonchev–Trinajstić information content (AvgIpc) is 2.67. The topological polar surface area (TPSA) is 83.7 Å². The van der Waals surface area contributed by atoms with Crippen molar-refractivity contribution in [2.75, 3.05) is 11.9 Å². The molecule has 2 rings (SSSR count). The summed E-state index contributed by atoms with van der Waals surface area (Å²) in [6, 6.07) is 8.72. The standard InChI is InChI=1S/C14H16N2O4/c1-3-20-14(19)16-12(17)8-11(13(16)18)15-10-6-4-9(2)5-7-10/h4-8,15,17-18H,3H2,1-2H3. The summed E-state index contributed by atoms with van der Waals surface area (Å²) in [4.78, 5) is 11.6. The summed E-state index contributed by atoms with van der Waals surface area (Å²) in [6.07, 6.45) is -0.834. The molecule has 6 heteroatoms. The minimum atomic E-state index is -0.834. The Morgan fingerprint density at radius 1 is 1.30 bits per heavy atom. The van der Waals surface area contributed by atoms with E-state index in [9.17, 15) is 15.0 Å². The molecule has 0 saturated carbocycles. The van der Waals surface area contributed by atoms with Gasteiger partial charge in [-0.25, -0.2) is 4.79 Å². The second kappa shape index (κ2) is 5.56. The molecular formula is C14H16N2O4. The minimum Gasteiger partial charge on any atom is -0.494 e. The zero-order valence-electron chi connectivity index (χ0n) is 11.3. The Bertz CT molecular complexity index is 617. The normalized spacial score (nSPS) is 10.3. The molecule has 0 aliphatic carbocycles. The first-order valence-corrected chi connectivity index (χ1v) is 6.17. The van der Waals surface area contributed by atoms with Crippen LogP contribution in [0, 0.1) is 6.92 Å². The van der Waals surface area contributed by atoms with E-state index in [1.54, 1.807) is 6.92 Å². The van der Waals surface area contributed by atoms with Crippen molar-refractivity contribution in [2.45, 2.75) is 13.8 Å². The molecule has 0 aliphatic rings. The molecule has 1 aromatic heterocycles. The molecule has 0 radical (unpaired) electrons. The van der Waals surface area contributed by atoms with Crippen LogP contribution in [0.4, 0.5) is 16.2 Å². The summed E-state index contributed by atoms with van der Waals surface area (Å²) in [6.45, 7) is 3.75. The Kier molecular flexibility index (Phi) is 3.84. The van der Waals surface area contributed by atoms with Crippen molar-refractivity contribution in [1.82, 2.24) is 4.57 Å². The van der Waals surface area contributed by atoms with E-state index in [4.69, 9.17) is 4.74 Å². The molecule has 6 nitrogen and oxygen atoms in total. The highest BCUT2D eigenvalue weighted by Gasteiger charge is 2.20. The molecule has 1 heterocycles. The van der Waals surface area contributed by atoms with Gasteiger partial charge in [0, 0.05) is 11.8 Å². The van der Waals surface area contributed by atoms with Crippen molar-refractivity contribution in [3.05, 3.63) is 35.9 Å². The second-order valence-corrected chi connectivity index (χ2v) is 4.27. The monoisotopic (exact) mass is 276 g/mol. The van der Waals surface area contributed by atoms with E-state index in [1.165, 1.54) is 6.07 Å². The molecule has 0 aliphatic heterocycles. The number of rotatable bonds is 3. The van der Waals surface area contributed by atoms with Gasteiger partial charge in [0.05, 0.1) is 6.61 Å². The summed E-state index contributed by atoms with van der Waals surface area (Å²) >= 11 is 0. The zero-order chi connectivity index (χ0) is 14.7. The Morgan fingerprint density at radius 2 is 1.95 bits per heavy atom. The molecule has 0 fully saturated rings. The number of aryl methyl sites for hydroxylation is 1. The van der Waals surface area contributed by atoms with E-state index in [2.05, 4.69) is 5.32 Å². The number of carbonyl (C=O) groups excluding carboxylic acids is 1. The van der Waals surface area contributed by atoms with Crippen molar-refractivity contribution in [3.8, 4) is 11.8 Å². The van der Waals surface area contributed by atoms with E-state index in [0.717, 1.165) is 11.3 Å². The fourth-order valence-corrected chi connectivity index (χ4v) is 1.74. The van der Waals surface area contributed by atoms with Crippen LogP contribution in [0.25, 0.3) is 0 Å². The van der Waals surface area contributed by atoms with Crippen molar-refractivity contribution in [2.24, 2.45) is 0 Å². The first-order valence-electron chi connectivity index (χ1n) is 6.17. The quantitative estimate of drug-likeness (QED) is 0.802. The lowest BCUT2D eigenvalue weighted by atomic mass is 10.2. The molecule has 0 spiro atoms. The van der Waals surface area contributed by atoms with Gasteiger partial charge >= 0.3 is 6.09 Å². The maximum atomic E-state index is 11.6. The van der Waals surface area contributed by atoms with E-state index in [0.29, 0.717) is 4.57 Å². The predicted molar refractivity (Wildman–Crippen MR) is 74.6 cm³/mol. The molecule has 0 saturated heterocycles. The SMILES string of the molecule is CCOC(=O)n1c(O)cc(Nc2ccc(C)cc2)c1O. The molecule has 20 heavy (non-hydrogen) atoms. The van der Waals surface area contributed by atoms with Crippen molar-refractivity contribution in [1.29, 1.82) is 0 Å². The van der Waals surface area contributed by atoms with Gasteiger partial charge in [-0.05, 0) is 26.0 Å². The molecule has 2 aromatic rings. The van der Waals surface area contributed by atoms with Crippen LogP contribution in [0.3, 0.4) is 0 Å². The third-order valence-electron chi connectivity index (χ3n) is 2.74. The van der Waals surface area contributed by atoms with Crippen LogP contribution < -0.4 is 5.32 Å². The molecular weight excluding hydrogens is 260 g/mol. The van der Waals surface area contributed by atoms with E-state index < -0.39 is 17.9 Å². The molecule has 0 unspecified atom stereocenters. The number of anilines is 2. The Hall–Kier alpha value is -2.63.